The van der Waals surface area contributed by atoms with E-state index in [-0.39, 0.29) is 23.9 Å². The van der Waals surface area contributed by atoms with Crippen molar-refractivity contribution in [1.82, 2.24) is 15.1 Å². The minimum Gasteiger partial charge on any atom is -0.336 e. The Kier molecular flexibility index (Phi) is 14.7. The van der Waals surface area contributed by atoms with Crippen LogP contribution in [0.25, 0.3) is 0 Å². The van der Waals surface area contributed by atoms with Gasteiger partial charge in [-0.2, -0.15) is 0 Å². The number of nitrogens with zero attached hydrogens (tertiary/aromatic N) is 2. The number of piperazine rings is 1. The van der Waals surface area contributed by atoms with Gasteiger partial charge in [0.25, 0.3) is 0 Å². The summed E-state index contributed by atoms with van der Waals surface area (Å²) in [5.41, 5.74) is 7.56. The van der Waals surface area contributed by atoms with Crippen molar-refractivity contribution in [3.05, 3.63) is 67.6 Å². The highest BCUT2D eigenvalue weighted by atomic mass is 35.5. The van der Waals surface area contributed by atoms with Crippen LogP contribution < -0.4 is 11.1 Å². The molecule has 0 saturated carbocycles. The number of unbranched alkanes of at least 4 members (excludes halogenated alkanes) is 1. The summed E-state index contributed by atoms with van der Waals surface area (Å²) in [6.45, 7) is 7.71. The van der Waals surface area contributed by atoms with Crippen LogP contribution in [0.5, 0.6) is 0 Å². The molecule has 1 heterocycles. The topological polar surface area (TPSA) is 78.7 Å². The first-order valence-corrected chi connectivity index (χ1v) is 16.5. The molecule has 0 bridgehead atoms. The molecule has 10 heteroatoms. The maximum atomic E-state index is 13.7. The minimum absolute atomic E-state index is 0.0253. The lowest BCUT2D eigenvalue weighted by atomic mass is 9.94. The highest BCUT2D eigenvalue weighted by Gasteiger charge is 2.38. The van der Waals surface area contributed by atoms with Gasteiger partial charge in [0.15, 0.2) is 0 Å². The number of aryl methyl sites for hydroxylation is 2. The van der Waals surface area contributed by atoms with Crippen LogP contribution in [0.3, 0.4) is 0 Å². The number of halogens is 4. The van der Waals surface area contributed by atoms with Crippen molar-refractivity contribution in [2.24, 2.45) is 11.7 Å². The molecule has 0 spiro atoms. The van der Waals surface area contributed by atoms with Gasteiger partial charge in [-0.1, -0.05) is 78.8 Å². The molecule has 1 saturated heterocycles. The van der Waals surface area contributed by atoms with Crippen molar-refractivity contribution in [2.45, 2.75) is 77.3 Å². The van der Waals surface area contributed by atoms with Crippen LogP contribution in [0.15, 0.2) is 36.4 Å². The van der Waals surface area contributed by atoms with Crippen molar-refractivity contribution in [1.29, 1.82) is 0 Å². The predicted octanol–water partition coefficient (Wildman–Crippen LogP) is 7.04. The monoisotopic (exact) mass is 656 g/mol. The van der Waals surface area contributed by atoms with Crippen LogP contribution >= 0.6 is 46.4 Å². The molecule has 42 heavy (non-hydrogen) atoms. The third-order valence-corrected chi connectivity index (χ3v) is 9.24. The summed E-state index contributed by atoms with van der Waals surface area (Å²) in [4.78, 5) is 31.5. The summed E-state index contributed by atoms with van der Waals surface area (Å²) in [6.07, 6.45) is 5.56. The number of carbonyl (C=O) groups excluding carboxylic acids is 2. The van der Waals surface area contributed by atoms with E-state index >= 15 is 0 Å². The molecule has 3 N–H and O–H groups in total. The van der Waals surface area contributed by atoms with E-state index in [1.165, 1.54) is 0 Å². The fraction of sp³-hybridized carbons (Fsp3) is 0.562. The van der Waals surface area contributed by atoms with Gasteiger partial charge in [-0.3, -0.25) is 9.59 Å². The lowest BCUT2D eigenvalue weighted by molar-refractivity contribution is -0.147. The second-order valence-corrected chi connectivity index (χ2v) is 13.2. The zero-order valence-electron chi connectivity index (χ0n) is 24.7. The number of rotatable bonds is 15. The van der Waals surface area contributed by atoms with Crippen molar-refractivity contribution in [3.63, 3.8) is 0 Å². The molecule has 0 radical (unpaired) electrons. The molecule has 0 aromatic heterocycles. The number of amides is 2. The molecule has 2 atom stereocenters. The summed E-state index contributed by atoms with van der Waals surface area (Å²) >= 11 is 24.6. The van der Waals surface area contributed by atoms with E-state index in [1.807, 2.05) is 34.1 Å². The summed E-state index contributed by atoms with van der Waals surface area (Å²) in [6, 6.07) is 11.0. The second-order valence-electron chi connectivity index (χ2n) is 11.6. The average molecular weight is 659 g/mol. The molecule has 1 aliphatic heterocycles. The van der Waals surface area contributed by atoms with Gasteiger partial charge in [-0.15, -0.1) is 0 Å². The highest BCUT2D eigenvalue weighted by Crippen LogP contribution is 2.28. The fourth-order valence-electron chi connectivity index (χ4n) is 5.59. The smallest absolute Gasteiger partial charge is 0.223 e. The molecular formula is C32H44Cl4N4O2. The van der Waals surface area contributed by atoms with E-state index in [0.717, 1.165) is 49.9 Å². The Morgan fingerprint density at radius 2 is 1.33 bits per heavy atom. The molecule has 2 aromatic carbocycles. The van der Waals surface area contributed by atoms with Gasteiger partial charge in [0.1, 0.15) is 0 Å². The van der Waals surface area contributed by atoms with Gasteiger partial charge in [0.2, 0.25) is 11.8 Å². The minimum atomic E-state index is -0.0295. The van der Waals surface area contributed by atoms with E-state index in [4.69, 9.17) is 52.1 Å². The largest absolute Gasteiger partial charge is 0.336 e. The maximum absolute atomic E-state index is 13.7. The quantitative estimate of drug-likeness (QED) is 0.202. The zero-order valence-corrected chi connectivity index (χ0v) is 27.7. The van der Waals surface area contributed by atoms with Crippen LogP contribution in [-0.4, -0.2) is 66.4 Å². The predicted molar refractivity (Wildman–Crippen MR) is 176 cm³/mol. The highest BCUT2D eigenvalue weighted by molar-refractivity contribution is 6.42. The molecule has 1 unspecified atom stereocenters. The van der Waals surface area contributed by atoms with Crippen molar-refractivity contribution in [2.75, 3.05) is 32.7 Å². The van der Waals surface area contributed by atoms with Crippen molar-refractivity contribution in [3.8, 4) is 0 Å². The summed E-state index contributed by atoms with van der Waals surface area (Å²) < 4.78 is 0. The summed E-state index contributed by atoms with van der Waals surface area (Å²) in [7, 11) is 0. The number of carbonyl (C=O) groups is 2. The van der Waals surface area contributed by atoms with Gasteiger partial charge in [0.05, 0.1) is 20.1 Å². The fourth-order valence-corrected chi connectivity index (χ4v) is 6.23. The Bertz CT molecular complexity index is 1180. The Balaban J connectivity index is 1.73. The molecule has 3 rings (SSSR count). The van der Waals surface area contributed by atoms with E-state index in [0.29, 0.717) is 71.3 Å². The summed E-state index contributed by atoms with van der Waals surface area (Å²) in [5.74, 6) is 0.618. The van der Waals surface area contributed by atoms with Crippen molar-refractivity contribution >= 4 is 58.2 Å². The summed E-state index contributed by atoms with van der Waals surface area (Å²) in [5, 5.41) is 5.34. The van der Waals surface area contributed by atoms with Crippen LogP contribution in [-0.2, 0) is 22.4 Å². The first kappa shape index (κ1) is 34.9. The van der Waals surface area contributed by atoms with Crippen LogP contribution in [0, 0.1) is 5.92 Å². The number of hydrogen-bond donors (Lipinski definition) is 2. The van der Waals surface area contributed by atoms with E-state index in [1.54, 1.807) is 12.1 Å². The van der Waals surface area contributed by atoms with E-state index in [2.05, 4.69) is 19.2 Å². The zero-order chi connectivity index (χ0) is 30.6. The van der Waals surface area contributed by atoms with Crippen molar-refractivity contribution < 1.29 is 9.59 Å². The normalized spacial score (nSPS) is 17.2. The average Bonchev–Trinajstić information content (AvgIpc) is 2.95. The molecule has 1 aliphatic rings. The maximum Gasteiger partial charge on any atom is 0.223 e. The Morgan fingerprint density at radius 3 is 1.83 bits per heavy atom. The first-order chi connectivity index (χ1) is 20.1. The Hall–Kier alpha value is -1.54. The molecule has 232 valence electrons. The van der Waals surface area contributed by atoms with E-state index in [9.17, 15) is 9.59 Å². The third kappa shape index (κ3) is 10.9. The lowest BCUT2D eigenvalue weighted by Crippen LogP contribution is -2.61. The van der Waals surface area contributed by atoms with Gasteiger partial charge in [-0.25, -0.2) is 0 Å². The number of nitrogens with one attached hydrogen (secondary N) is 1. The molecule has 2 amide bonds. The number of benzene rings is 2. The Labute approximate surface area is 271 Å². The lowest BCUT2D eigenvalue weighted by Gasteiger charge is -2.47. The van der Waals surface area contributed by atoms with Crippen LogP contribution in [0.2, 0.25) is 20.1 Å². The van der Waals surface area contributed by atoms with Gasteiger partial charge in [-0.05, 0) is 80.0 Å². The number of nitrogens with two attached hydrogens (primary N) is 1. The first-order valence-electron chi connectivity index (χ1n) is 15.0. The van der Waals surface area contributed by atoms with E-state index < -0.39 is 0 Å². The Morgan fingerprint density at radius 1 is 0.810 bits per heavy atom. The van der Waals surface area contributed by atoms with Crippen LogP contribution in [0.1, 0.15) is 63.5 Å². The third-order valence-electron chi connectivity index (χ3n) is 7.77. The van der Waals surface area contributed by atoms with Crippen LogP contribution in [0.4, 0.5) is 0 Å². The number of hydrogen-bond acceptors (Lipinski definition) is 4. The molecule has 6 nitrogen and oxygen atoms in total. The molecular weight excluding hydrogens is 614 g/mol. The second kappa shape index (κ2) is 17.7. The van der Waals surface area contributed by atoms with Gasteiger partial charge < -0.3 is 20.9 Å². The van der Waals surface area contributed by atoms with Gasteiger partial charge in [0, 0.05) is 51.1 Å². The van der Waals surface area contributed by atoms with Gasteiger partial charge >= 0.3 is 0 Å². The standard InChI is InChI=1S/C32H44Cl4N4O2/c1-22(2)17-26-21-39(31(41)12-8-23-6-10-27(33)29(35)18-23)25(5-3-4-15-38-16-14-37)20-40(26)32(42)13-9-24-7-11-28(34)30(36)19-24/h6-7,10-11,18-19,22,25-26,38H,3-5,8-9,12-17,20-21,37H2,1-2H3/t25?,26-/m1/s1. The molecule has 1 fully saturated rings. The SMILES string of the molecule is CC(C)C[C@@H]1CN(C(=O)CCc2ccc(Cl)c(Cl)c2)C(CCCCNCCN)CN1C(=O)CCc1ccc(Cl)c(Cl)c1. The molecule has 0 aliphatic carbocycles. The molecule has 2 aromatic rings.